The van der Waals surface area contributed by atoms with Gasteiger partial charge in [0, 0.05) is 30.9 Å². The van der Waals surface area contributed by atoms with Gasteiger partial charge in [-0.2, -0.15) is 0 Å². The highest BCUT2D eigenvalue weighted by molar-refractivity contribution is 7.13. The number of halogens is 2. The lowest BCUT2D eigenvalue weighted by atomic mass is 10.1. The van der Waals surface area contributed by atoms with Crippen LogP contribution in [0.4, 0.5) is 14.5 Å². The van der Waals surface area contributed by atoms with Crippen LogP contribution in [-0.2, 0) is 0 Å². The third-order valence-corrected chi connectivity index (χ3v) is 6.08. The Morgan fingerprint density at radius 3 is 2.33 bits per heavy atom. The SMILES string of the molecule is Cc1sc(C2=CN(C)CN2C)cc1-c1ccc(NC(=O)c2c(F)cccc2F)cc1. The van der Waals surface area contributed by atoms with Gasteiger partial charge < -0.3 is 15.1 Å². The Morgan fingerprint density at radius 1 is 1.07 bits per heavy atom. The van der Waals surface area contributed by atoms with Gasteiger partial charge in [0.15, 0.2) is 0 Å². The summed E-state index contributed by atoms with van der Waals surface area (Å²) < 4.78 is 27.6. The van der Waals surface area contributed by atoms with E-state index in [1.807, 2.05) is 19.2 Å². The van der Waals surface area contributed by atoms with E-state index in [2.05, 4.69) is 41.4 Å². The number of anilines is 1. The van der Waals surface area contributed by atoms with Gasteiger partial charge in [-0.1, -0.05) is 18.2 Å². The summed E-state index contributed by atoms with van der Waals surface area (Å²) in [4.78, 5) is 19.0. The fourth-order valence-corrected chi connectivity index (χ4v) is 4.65. The number of nitrogens with one attached hydrogen (secondary N) is 1. The standard InChI is InChI=1S/C23H21F2N3OS/c1-14-17(11-21(30-14)20-12-27(2)13-28(20)3)15-7-9-16(10-8-15)26-23(29)22-18(24)5-4-6-19(22)25/h4-12H,13H2,1-3H3,(H,26,29). The quantitative estimate of drug-likeness (QED) is 0.609. The minimum absolute atomic E-state index is 0.472. The molecule has 1 aliphatic rings. The zero-order valence-corrected chi connectivity index (χ0v) is 17.7. The van der Waals surface area contributed by atoms with E-state index in [4.69, 9.17) is 0 Å². The van der Waals surface area contributed by atoms with Crippen LogP contribution in [-0.4, -0.2) is 36.5 Å². The van der Waals surface area contributed by atoms with Gasteiger partial charge in [0.1, 0.15) is 17.2 Å². The fraction of sp³-hybridized carbons (Fsp3) is 0.174. The van der Waals surface area contributed by atoms with Crippen LogP contribution in [0.3, 0.4) is 0 Å². The highest BCUT2D eigenvalue weighted by Crippen LogP contribution is 2.37. The summed E-state index contributed by atoms with van der Waals surface area (Å²) >= 11 is 1.74. The fourth-order valence-electron chi connectivity index (χ4n) is 3.55. The number of amides is 1. The number of carbonyl (C=O) groups excluding carboxylic acids is 1. The second kappa shape index (κ2) is 7.91. The minimum atomic E-state index is -0.887. The first kappa shape index (κ1) is 20.1. The molecule has 0 aliphatic carbocycles. The van der Waals surface area contributed by atoms with Crippen molar-refractivity contribution in [1.29, 1.82) is 0 Å². The van der Waals surface area contributed by atoms with Crippen molar-refractivity contribution in [2.24, 2.45) is 0 Å². The molecule has 1 aromatic heterocycles. The van der Waals surface area contributed by atoms with Gasteiger partial charge >= 0.3 is 0 Å². The highest BCUT2D eigenvalue weighted by Gasteiger charge is 2.20. The van der Waals surface area contributed by atoms with Crippen LogP contribution in [0.15, 0.2) is 54.7 Å². The zero-order chi connectivity index (χ0) is 21.4. The van der Waals surface area contributed by atoms with E-state index < -0.39 is 23.1 Å². The van der Waals surface area contributed by atoms with Crippen molar-refractivity contribution in [1.82, 2.24) is 9.80 Å². The molecule has 0 atom stereocenters. The van der Waals surface area contributed by atoms with Crippen LogP contribution in [0.1, 0.15) is 20.1 Å². The van der Waals surface area contributed by atoms with E-state index in [9.17, 15) is 13.6 Å². The molecule has 1 aliphatic heterocycles. The van der Waals surface area contributed by atoms with E-state index in [1.165, 1.54) is 21.5 Å². The van der Waals surface area contributed by atoms with E-state index in [1.54, 1.807) is 23.5 Å². The first-order valence-electron chi connectivity index (χ1n) is 9.43. The molecule has 0 radical (unpaired) electrons. The third-order valence-electron chi connectivity index (χ3n) is 5.00. The molecule has 0 unspecified atom stereocenters. The summed E-state index contributed by atoms with van der Waals surface area (Å²) in [7, 11) is 4.12. The van der Waals surface area contributed by atoms with Gasteiger partial charge in [-0.25, -0.2) is 8.78 Å². The molecule has 0 spiro atoms. The second-order valence-corrected chi connectivity index (χ2v) is 8.58. The topological polar surface area (TPSA) is 35.6 Å². The molecule has 7 heteroatoms. The van der Waals surface area contributed by atoms with Crippen LogP contribution < -0.4 is 5.32 Å². The molecule has 0 bridgehead atoms. The Bertz CT molecular complexity index is 1120. The van der Waals surface area contributed by atoms with Crippen LogP contribution in [0.5, 0.6) is 0 Å². The van der Waals surface area contributed by atoms with Gasteiger partial charge in [0.05, 0.1) is 17.2 Å². The minimum Gasteiger partial charge on any atom is -0.361 e. The average molecular weight is 426 g/mol. The molecule has 0 fully saturated rings. The van der Waals surface area contributed by atoms with Gasteiger partial charge in [0.25, 0.3) is 5.91 Å². The summed E-state index contributed by atoms with van der Waals surface area (Å²) in [5, 5.41) is 2.56. The van der Waals surface area contributed by atoms with Crippen molar-refractivity contribution in [2.75, 3.05) is 26.1 Å². The molecule has 0 saturated heterocycles. The predicted molar refractivity (Wildman–Crippen MR) is 117 cm³/mol. The molecule has 1 N–H and O–H groups in total. The Labute approximate surface area is 178 Å². The van der Waals surface area contributed by atoms with Gasteiger partial charge in [-0.15, -0.1) is 11.3 Å². The summed E-state index contributed by atoms with van der Waals surface area (Å²) in [5.41, 5.74) is 3.21. The van der Waals surface area contributed by atoms with Crippen molar-refractivity contribution in [3.05, 3.63) is 81.7 Å². The lowest BCUT2D eigenvalue weighted by molar-refractivity contribution is 0.101. The molecule has 154 valence electrons. The average Bonchev–Trinajstić information content (AvgIpc) is 3.23. The molecule has 2 aromatic carbocycles. The molecule has 2 heterocycles. The van der Waals surface area contributed by atoms with E-state index >= 15 is 0 Å². The number of carbonyl (C=O) groups is 1. The molecule has 0 saturated carbocycles. The first-order valence-corrected chi connectivity index (χ1v) is 10.2. The van der Waals surface area contributed by atoms with E-state index in [-0.39, 0.29) is 0 Å². The largest absolute Gasteiger partial charge is 0.361 e. The molecule has 4 rings (SSSR count). The summed E-state index contributed by atoms with van der Waals surface area (Å²) in [5.74, 6) is -2.59. The number of rotatable bonds is 4. The zero-order valence-electron chi connectivity index (χ0n) is 16.9. The number of hydrogen-bond acceptors (Lipinski definition) is 4. The maximum absolute atomic E-state index is 13.8. The molecule has 3 aromatic rings. The Kier molecular flexibility index (Phi) is 5.30. The van der Waals surface area contributed by atoms with Crippen LogP contribution >= 0.6 is 11.3 Å². The number of thiophene rings is 1. The van der Waals surface area contributed by atoms with Gasteiger partial charge in [0.2, 0.25) is 0 Å². The van der Waals surface area contributed by atoms with Gasteiger partial charge in [-0.3, -0.25) is 4.79 Å². The Hall–Kier alpha value is -3.19. The number of aryl methyl sites for hydroxylation is 1. The number of hydrogen-bond donors (Lipinski definition) is 1. The van der Waals surface area contributed by atoms with Crippen molar-refractivity contribution < 1.29 is 13.6 Å². The number of nitrogens with zero attached hydrogens (tertiary/aromatic N) is 2. The normalized spacial score (nSPS) is 13.6. The van der Waals surface area contributed by atoms with Crippen molar-refractivity contribution in [2.45, 2.75) is 6.92 Å². The maximum Gasteiger partial charge on any atom is 0.261 e. The van der Waals surface area contributed by atoms with Crippen molar-refractivity contribution in [3.8, 4) is 11.1 Å². The summed E-state index contributed by atoms with van der Waals surface area (Å²) in [6.45, 7) is 2.94. The predicted octanol–water partition coefficient (Wildman–Crippen LogP) is 5.39. The summed E-state index contributed by atoms with van der Waals surface area (Å²) in [6.07, 6.45) is 2.13. The highest BCUT2D eigenvalue weighted by atomic mass is 32.1. The van der Waals surface area contributed by atoms with Crippen LogP contribution in [0, 0.1) is 18.6 Å². The van der Waals surface area contributed by atoms with E-state index in [0.717, 1.165) is 29.9 Å². The van der Waals surface area contributed by atoms with Crippen LogP contribution in [0.25, 0.3) is 16.8 Å². The molecule has 1 amide bonds. The van der Waals surface area contributed by atoms with Crippen molar-refractivity contribution >= 4 is 28.6 Å². The van der Waals surface area contributed by atoms with Gasteiger partial charge in [-0.05, 0) is 48.4 Å². The van der Waals surface area contributed by atoms with Crippen LogP contribution in [0.2, 0.25) is 0 Å². The smallest absolute Gasteiger partial charge is 0.261 e. The lowest BCUT2D eigenvalue weighted by Gasteiger charge is -2.15. The first-order chi connectivity index (χ1) is 14.3. The van der Waals surface area contributed by atoms with Crippen molar-refractivity contribution in [3.63, 3.8) is 0 Å². The maximum atomic E-state index is 13.8. The summed E-state index contributed by atoms with van der Waals surface area (Å²) in [6, 6.07) is 12.8. The Balaban J connectivity index is 1.55. The monoisotopic (exact) mass is 425 g/mol. The Morgan fingerprint density at radius 2 is 1.73 bits per heavy atom. The number of benzene rings is 2. The molecular weight excluding hydrogens is 404 g/mol. The second-order valence-electron chi connectivity index (χ2n) is 7.32. The third kappa shape index (κ3) is 3.80. The molecule has 30 heavy (non-hydrogen) atoms. The molecular formula is C23H21F2N3OS. The molecule has 4 nitrogen and oxygen atoms in total. The van der Waals surface area contributed by atoms with E-state index in [0.29, 0.717) is 5.69 Å². The lowest BCUT2D eigenvalue weighted by Crippen LogP contribution is -2.19.